The van der Waals surface area contributed by atoms with Gasteiger partial charge < -0.3 is 4.74 Å². The Balaban J connectivity index is 2.56. The molecule has 0 saturated heterocycles. The van der Waals surface area contributed by atoms with Crippen LogP contribution in [0.2, 0.25) is 0 Å². The van der Waals surface area contributed by atoms with E-state index in [4.69, 9.17) is 4.74 Å². The molecular formula is C12H13FO. The lowest BCUT2D eigenvalue weighted by Crippen LogP contribution is -1.98. The maximum atomic E-state index is 12.8. The van der Waals surface area contributed by atoms with E-state index in [1.54, 1.807) is 13.0 Å². The summed E-state index contributed by atoms with van der Waals surface area (Å²) in [6.45, 7) is 4.18. The fraction of sp³-hybridized carbons (Fsp3) is 0.333. The second kappa shape index (κ2) is 5.29. The van der Waals surface area contributed by atoms with Gasteiger partial charge in [-0.1, -0.05) is 6.07 Å². The normalized spacial score (nSPS) is 9.07. The van der Waals surface area contributed by atoms with Gasteiger partial charge >= 0.3 is 0 Å². The molecule has 0 saturated carbocycles. The second-order valence-corrected chi connectivity index (χ2v) is 2.94. The minimum absolute atomic E-state index is 0.271. The van der Waals surface area contributed by atoms with Crippen molar-refractivity contribution in [3.05, 3.63) is 29.6 Å². The Morgan fingerprint density at radius 3 is 2.93 bits per heavy atom. The van der Waals surface area contributed by atoms with E-state index in [0.717, 1.165) is 5.56 Å². The molecule has 0 aromatic heterocycles. The SMILES string of the molecule is CC#CCCOc1cc(F)ccc1C. The monoisotopic (exact) mass is 192 g/mol. The molecule has 0 heterocycles. The Hall–Kier alpha value is -1.49. The number of rotatable bonds is 3. The lowest BCUT2D eigenvalue weighted by Gasteiger charge is -2.06. The number of aryl methyl sites for hydroxylation is 1. The smallest absolute Gasteiger partial charge is 0.126 e. The van der Waals surface area contributed by atoms with Gasteiger partial charge in [-0.25, -0.2) is 4.39 Å². The van der Waals surface area contributed by atoms with E-state index in [1.165, 1.54) is 12.1 Å². The van der Waals surface area contributed by atoms with Crippen LogP contribution >= 0.6 is 0 Å². The Morgan fingerprint density at radius 1 is 1.43 bits per heavy atom. The van der Waals surface area contributed by atoms with Crippen LogP contribution in [0, 0.1) is 24.6 Å². The molecule has 1 aromatic rings. The molecular weight excluding hydrogens is 179 g/mol. The lowest BCUT2D eigenvalue weighted by molar-refractivity contribution is 0.323. The molecule has 14 heavy (non-hydrogen) atoms. The first kappa shape index (κ1) is 10.6. The molecule has 0 N–H and O–H groups in total. The van der Waals surface area contributed by atoms with Crippen LogP contribution < -0.4 is 4.74 Å². The first-order valence-corrected chi connectivity index (χ1v) is 4.52. The van der Waals surface area contributed by atoms with Crippen LogP contribution in [0.25, 0.3) is 0 Å². The van der Waals surface area contributed by atoms with Gasteiger partial charge in [0.1, 0.15) is 11.6 Å². The van der Waals surface area contributed by atoms with Crippen molar-refractivity contribution in [2.45, 2.75) is 20.3 Å². The third-order valence-corrected chi connectivity index (χ3v) is 1.81. The predicted molar refractivity (Wildman–Crippen MR) is 54.7 cm³/mol. The van der Waals surface area contributed by atoms with E-state index < -0.39 is 0 Å². The molecule has 74 valence electrons. The molecule has 0 fully saturated rings. The molecule has 0 spiro atoms. The minimum Gasteiger partial charge on any atom is -0.492 e. The van der Waals surface area contributed by atoms with Crippen LogP contribution in [0.15, 0.2) is 18.2 Å². The third kappa shape index (κ3) is 3.10. The minimum atomic E-state index is -0.271. The van der Waals surface area contributed by atoms with E-state index in [9.17, 15) is 4.39 Å². The molecule has 1 nitrogen and oxygen atoms in total. The van der Waals surface area contributed by atoms with Gasteiger partial charge in [0.05, 0.1) is 6.61 Å². The molecule has 0 aliphatic carbocycles. The molecule has 0 atom stereocenters. The number of hydrogen-bond acceptors (Lipinski definition) is 1. The van der Waals surface area contributed by atoms with Crippen molar-refractivity contribution in [1.82, 2.24) is 0 Å². The molecule has 2 heteroatoms. The van der Waals surface area contributed by atoms with Gasteiger partial charge in [-0.05, 0) is 25.5 Å². The van der Waals surface area contributed by atoms with Crippen LogP contribution in [-0.2, 0) is 0 Å². The van der Waals surface area contributed by atoms with Crippen LogP contribution in [0.4, 0.5) is 4.39 Å². The first-order valence-electron chi connectivity index (χ1n) is 4.52. The van der Waals surface area contributed by atoms with Gasteiger partial charge in [-0.2, -0.15) is 0 Å². The largest absolute Gasteiger partial charge is 0.492 e. The highest BCUT2D eigenvalue weighted by molar-refractivity contribution is 5.32. The molecule has 0 radical (unpaired) electrons. The molecule has 0 bridgehead atoms. The Kier molecular flexibility index (Phi) is 4.00. The van der Waals surface area contributed by atoms with Gasteiger partial charge in [0, 0.05) is 12.5 Å². The van der Waals surface area contributed by atoms with E-state index in [0.29, 0.717) is 18.8 Å². The van der Waals surface area contributed by atoms with Crippen molar-refractivity contribution in [3.8, 4) is 17.6 Å². The van der Waals surface area contributed by atoms with Gasteiger partial charge in [-0.3, -0.25) is 0 Å². The van der Waals surface area contributed by atoms with Crippen molar-refractivity contribution < 1.29 is 9.13 Å². The summed E-state index contributed by atoms with van der Waals surface area (Å²) in [5, 5.41) is 0. The maximum Gasteiger partial charge on any atom is 0.126 e. The summed E-state index contributed by atoms with van der Waals surface area (Å²) in [5.41, 5.74) is 0.941. The standard InChI is InChI=1S/C12H13FO/c1-3-4-5-8-14-12-9-11(13)7-6-10(12)2/h6-7,9H,5,8H2,1-2H3. The summed E-state index contributed by atoms with van der Waals surface area (Å²) < 4.78 is 18.2. The van der Waals surface area contributed by atoms with E-state index in [-0.39, 0.29) is 5.82 Å². The number of benzene rings is 1. The summed E-state index contributed by atoms with van der Waals surface area (Å²) in [4.78, 5) is 0. The van der Waals surface area contributed by atoms with E-state index in [1.807, 2.05) is 6.92 Å². The molecule has 0 aliphatic heterocycles. The molecule has 0 aliphatic rings. The zero-order chi connectivity index (χ0) is 10.4. The highest BCUT2D eigenvalue weighted by Gasteiger charge is 2.00. The predicted octanol–water partition coefficient (Wildman–Crippen LogP) is 2.93. The first-order chi connectivity index (χ1) is 6.74. The van der Waals surface area contributed by atoms with Crippen LogP contribution in [0.3, 0.4) is 0 Å². The van der Waals surface area contributed by atoms with E-state index >= 15 is 0 Å². The summed E-state index contributed by atoms with van der Waals surface area (Å²) in [5.74, 6) is 5.99. The summed E-state index contributed by atoms with van der Waals surface area (Å²) >= 11 is 0. The van der Waals surface area contributed by atoms with Gasteiger partial charge in [0.15, 0.2) is 0 Å². The number of halogens is 1. The topological polar surface area (TPSA) is 9.23 Å². The van der Waals surface area contributed by atoms with Crippen LogP contribution in [-0.4, -0.2) is 6.61 Å². The van der Waals surface area contributed by atoms with Crippen molar-refractivity contribution in [3.63, 3.8) is 0 Å². The Bertz CT molecular complexity index is 360. The summed E-state index contributed by atoms with van der Waals surface area (Å²) in [7, 11) is 0. The van der Waals surface area contributed by atoms with Crippen LogP contribution in [0.1, 0.15) is 18.9 Å². The Morgan fingerprint density at radius 2 is 2.21 bits per heavy atom. The maximum absolute atomic E-state index is 12.8. The molecule has 0 unspecified atom stereocenters. The van der Waals surface area contributed by atoms with Crippen LogP contribution in [0.5, 0.6) is 5.75 Å². The fourth-order valence-electron chi connectivity index (χ4n) is 1.07. The van der Waals surface area contributed by atoms with Crippen molar-refractivity contribution in [2.75, 3.05) is 6.61 Å². The number of hydrogen-bond donors (Lipinski definition) is 0. The van der Waals surface area contributed by atoms with E-state index in [2.05, 4.69) is 11.8 Å². The highest BCUT2D eigenvalue weighted by Crippen LogP contribution is 2.18. The van der Waals surface area contributed by atoms with Crippen molar-refractivity contribution in [2.24, 2.45) is 0 Å². The highest BCUT2D eigenvalue weighted by atomic mass is 19.1. The lowest BCUT2D eigenvalue weighted by atomic mass is 10.2. The van der Waals surface area contributed by atoms with Crippen molar-refractivity contribution in [1.29, 1.82) is 0 Å². The average Bonchev–Trinajstić information content (AvgIpc) is 2.18. The molecule has 1 aromatic carbocycles. The third-order valence-electron chi connectivity index (χ3n) is 1.81. The molecule has 0 amide bonds. The quantitative estimate of drug-likeness (QED) is 0.528. The second-order valence-electron chi connectivity index (χ2n) is 2.94. The Labute approximate surface area is 83.9 Å². The summed E-state index contributed by atoms with van der Waals surface area (Å²) in [6.07, 6.45) is 0.673. The average molecular weight is 192 g/mol. The zero-order valence-electron chi connectivity index (χ0n) is 8.43. The van der Waals surface area contributed by atoms with Gasteiger partial charge in [0.25, 0.3) is 0 Å². The van der Waals surface area contributed by atoms with Gasteiger partial charge in [0.2, 0.25) is 0 Å². The zero-order valence-corrected chi connectivity index (χ0v) is 8.43. The van der Waals surface area contributed by atoms with Crippen molar-refractivity contribution >= 4 is 0 Å². The summed E-state index contributed by atoms with van der Waals surface area (Å²) in [6, 6.07) is 4.53. The number of ether oxygens (including phenoxy) is 1. The molecule has 1 rings (SSSR count). The van der Waals surface area contributed by atoms with Gasteiger partial charge in [-0.15, -0.1) is 11.8 Å². The fourth-order valence-corrected chi connectivity index (χ4v) is 1.07.